The molecule has 0 aliphatic heterocycles. The molecule has 0 amide bonds. The summed E-state index contributed by atoms with van der Waals surface area (Å²) in [5, 5.41) is 0. The molecule has 0 bridgehead atoms. The molecular weight excluding hydrogens is 436 g/mol. The van der Waals surface area contributed by atoms with Gasteiger partial charge >= 0.3 is 0 Å². The summed E-state index contributed by atoms with van der Waals surface area (Å²) in [5.41, 5.74) is 4.04. The van der Waals surface area contributed by atoms with E-state index in [1.807, 2.05) is 60.7 Å². The molecule has 0 unspecified atom stereocenters. The van der Waals surface area contributed by atoms with E-state index in [-0.39, 0.29) is 24.6 Å². The smallest absolute Gasteiger partial charge is 0.178 e. The molecule has 4 heteroatoms. The van der Waals surface area contributed by atoms with Gasteiger partial charge in [0.15, 0.2) is 23.1 Å². The largest absolute Gasteiger partial charge is 0.293 e. The fourth-order valence-corrected chi connectivity index (χ4v) is 4.73. The Morgan fingerprint density at radius 3 is 1.29 bits per heavy atom. The minimum Gasteiger partial charge on any atom is -0.293 e. The topological polar surface area (TPSA) is 68.3 Å². The molecular formula is C31H24O4. The minimum atomic E-state index is -0.645. The van der Waals surface area contributed by atoms with Crippen molar-refractivity contribution in [1.29, 1.82) is 0 Å². The highest BCUT2D eigenvalue weighted by Crippen LogP contribution is 2.33. The molecule has 4 aromatic rings. The number of carbonyl (C=O) groups is 4. The van der Waals surface area contributed by atoms with Crippen molar-refractivity contribution in [3.8, 4) is 0 Å². The molecule has 0 spiro atoms. The number of benzene rings is 4. The Morgan fingerprint density at radius 2 is 0.829 bits per heavy atom. The van der Waals surface area contributed by atoms with Crippen LogP contribution >= 0.6 is 0 Å². The molecule has 0 atom stereocenters. The lowest BCUT2D eigenvalue weighted by molar-refractivity contribution is 0.0834. The van der Waals surface area contributed by atoms with Gasteiger partial charge in [0.1, 0.15) is 5.92 Å². The van der Waals surface area contributed by atoms with E-state index in [9.17, 15) is 19.2 Å². The van der Waals surface area contributed by atoms with Crippen LogP contribution in [-0.4, -0.2) is 23.1 Å². The summed E-state index contributed by atoms with van der Waals surface area (Å²) in [5.74, 6) is -1.44. The van der Waals surface area contributed by atoms with E-state index in [2.05, 4.69) is 0 Å². The van der Waals surface area contributed by atoms with E-state index in [1.165, 1.54) is 0 Å². The van der Waals surface area contributed by atoms with Gasteiger partial charge in [0.05, 0.1) is 5.92 Å². The van der Waals surface area contributed by atoms with Crippen molar-refractivity contribution >= 4 is 23.1 Å². The third kappa shape index (κ3) is 4.15. The van der Waals surface area contributed by atoms with Crippen molar-refractivity contribution < 1.29 is 20.6 Å². The maximum atomic E-state index is 12.2. The first-order valence-electron chi connectivity index (χ1n) is 11.5. The van der Waals surface area contributed by atoms with E-state index in [0.29, 0.717) is 28.7 Å². The number of ketones is 4. The number of hydrogen-bond acceptors (Lipinski definition) is 4. The molecule has 2 aliphatic rings. The first kappa shape index (κ1) is 22.4. The number of carbonyl (C=O) groups excluding carboxylic acids is 4. The summed E-state index contributed by atoms with van der Waals surface area (Å²) < 4.78 is 0. The van der Waals surface area contributed by atoms with Crippen LogP contribution in [0.3, 0.4) is 0 Å². The molecule has 35 heavy (non-hydrogen) atoms. The lowest BCUT2D eigenvalue weighted by Gasteiger charge is -2.06. The van der Waals surface area contributed by atoms with Crippen LogP contribution < -0.4 is 0 Å². The van der Waals surface area contributed by atoms with E-state index in [4.69, 9.17) is 0 Å². The second-order valence-corrected chi connectivity index (χ2v) is 8.63. The predicted octanol–water partition coefficient (Wildman–Crippen LogP) is 6.02. The van der Waals surface area contributed by atoms with Crippen LogP contribution in [0.2, 0.25) is 0 Å². The summed E-state index contributed by atoms with van der Waals surface area (Å²) in [4.78, 5) is 48.8. The molecule has 0 aromatic heterocycles. The molecule has 2 aliphatic carbocycles. The predicted molar refractivity (Wildman–Crippen MR) is 135 cm³/mol. The average Bonchev–Trinajstić information content (AvgIpc) is 3.31. The molecule has 0 radical (unpaired) electrons. The highest BCUT2D eigenvalue weighted by molar-refractivity contribution is 6.29. The van der Waals surface area contributed by atoms with Gasteiger partial charge in [-0.15, -0.1) is 0 Å². The Kier molecular flexibility index (Phi) is 6.02. The molecule has 0 fully saturated rings. The maximum absolute atomic E-state index is 12.2. The van der Waals surface area contributed by atoms with Crippen LogP contribution in [0.4, 0.5) is 0 Å². The van der Waals surface area contributed by atoms with Gasteiger partial charge in [-0.3, -0.25) is 19.2 Å². The maximum Gasteiger partial charge on any atom is 0.178 e. The van der Waals surface area contributed by atoms with Crippen LogP contribution in [0.25, 0.3) is 0 Å². The Hall–Kier alpha value is -4.44. The van der Waals surface area contributed by atoms with Gasteiger partial charge in [0.2, 0.25) is 0 Å². The lowest BCUT2D eigenvalue weighted by atomic mass is 9.94. The molecule has 0 saturated carbocycles. The first-order valence-corrected chi connectivity index (χ1v) is 11.5. The number of hydrogen-bond donors (Lipinski definition) is 0. The third-order valence-electron chi connectivity index (χ3n) is 6.49. The minimum absolute atomic E-state index is 0. The summed E-state index contributed by atoms with van der Waals surface area (Å²) in [6, 6.07) is 33.0. The zero-order valence-electron chi connectivity index (χ0n) is 18.9. The highest BCUT2D eigenvalue weighted by atomic mass is 16.2. The van der Waals surface area contributed by atoms with Gasteiger partial charge in [0.25, 0.3) is 0 Å². The fourth-order valence-electron chi connectivity index (χ4n) is 4.73. The van der Waals surface area contributed by atoms with Crippen LogP contribution in [0.15, 0.2) is 109 Å². The van der Waals surface area contributed by atoms with Crippen molar-refractivity contribution in [3.63, 3.8) is 0 Å². The van der Waals surface area contributed by atoms with Gasteiger partial charge in [-0.05, 0) is 17.5 Å². The summed E-state index contributed by atoms with van der Waals surface area (Å²) in [7, 11) is 0. The Labute approximate surface area is 204 Å². The van der Waals surface area contributed by atoms with Crippen LogP contribution in [0.1, 0.15) is 59.9 Å². The van der Waals surface area contributed by atoms with Crippen molar-refractivity contribution in [1.82, 2.24) is 0 Å². The standard InChI is InChI=1S/C16H12O2.C15H10O2.H2/c17-15-12-8-4-5-9-13(12)16(18)14(15)10-11-6-2-1-3-7-11;16-14-11-8-4-5-9-12(11)15(17)13(14)10-6-2-1-3-7-10;/h1-9,14H,10H2;1-9,13H;1H. The zero-order chi connectivity index (χ0) is 24.4. The van der Waals surface area contributed by atoms with Crippen molar-refractivity contribution in [2.75, 3.05) is 0 Å². The monoisotopic (exact) mass is 460 g/mol. The molecule has 0 N–H and O–H groups in total. The molecule has 0 saturated heterocycles. The lowest BCUT2D eigenvalue weighted by Crippen LogP contribution is -2.17. The third-order valence-corrected chi connectivity index (χ3v) is 6.49. The van der Waals surface area contributed by atoms with Gasteiger partial charge < -0.3 is 0 Å². The normalized spacial score (nSPS) is 15.0. The fraction of sp³-hybridized carbons (Fsp3) is 0.0968. The summed E-state index contributed by atoms with van der Waals surface area (Å²) >= 11 is 0. The van der Waals surface area contributed by atoms with E-state index >= 15 is 0 Å². The molecule has 0 heterocycles. The molecule has 6 rings (SSSR count). The van der Waals surface area contributed by atoms with Crippen molar-refractivity contribution in [3.05, 3.63) is 143 Å². The van der Waals surface area contributed by atoms with Crippen LogP contribution in [-0.2, 0) is 6.42 Å². The Bertz CT molecular complexity index is 1370. The van der Waals surface area contributed by atoms with Gasteiger partial charge in [-0.2, -0.15) is 0 Å². The molecule has 172 valence electrons. The number of fused-ring (bicyclic) bond motifs is 2. The second-order valence-electron chi connectivity index (χ2n) is 8.63. The first-order chi connectivity index (χ1) is 17.1. The van der Waals surface area contributed by atoms with E-state index < -0.39 is 11.8 Å². The van der Waals surface area contributed by atoms with Crippen LogP contribution in [0, 0.1) is 5.92 Å². The second kappa shape index (κ2) is 9.43. The summed E-state index contributed by atoms with van der Waals surface area (Å²) in [6.45, 7) is 0. The van der Waals surface area contributed by atoms with Crippen molar-refractivity contribution in [2.45, 2.75) is 12.3 Å². The quantitative estimate of drug-likeness (QED) is 0.351. The van der Waals surface area contributed by atoms with E-state index in [0.717, 1.165) is 11.1 Å². The van der Waals surface area contributed by atoms with Gasteiger partial charge in [-0.25, -0.2) is 0 Å². The summed E-state index contributed by atoms with van der Waals surface area (Å²) in [6.07, 6.45) is 0.493. The average molecular weight is 461 g/mol. The highest BCUT2D eigenvalue weighted by Gasteiger charge is 2.39. The van der Waals surface area contributed by atoms with E-state index in [1.54, 1.807) is 48.5 Å². The van der Waals surface area contributed by atoms with Crippen LogP contribution in [0.5, 0.6) is 0 Å². The Balaban J connectivity index is 0.000000165. The zero-order valence-corrected chi connectivity index (χ0v) is 18.9. The van der Waals surface area contributed by atoms with Crippen molar-refractivity contribution in [2.24, 2.45) is 5.92 Å². The van der Waals surface area contributed by atoms with Gasteiger partial charge in [-0.1, -0.05) is 109 Å². The SMILES string of the molecule is O=C1c2ccccc2C(=O)C1Cc1ccccc1.O=C1c2ccccc2C(=O)C1c1ccccc1.[HH]. The number of rotatable bonds is 3. The molecule has 4 aromatic carbocycles. The number of Topliss-reactive ketones (excluding diaryl/α,β-unsaturated/α-hetero) is 4. The Morgan fingerprint density at radius 1 is 0.457 bits per heavy atom. The van der Waals surface area contributed by atoms with Gasteiger partial charge in [0, 0.05) is 23.7 Å². The molecule has 4 nitrogen and oxygen atoms in total.